The minimum atomic E-state index is 0.331. The van der Waals surface area contributed by atoms with Crippen LogP contribution in [0.3, 0.4) is 0 Å². The Labute approximate surface area is 181 Å². The predicted molar refractivity (Wildman–Crippen MR) is 120 cm³/mol. The lowest BCUT2D eigenvalue weighted by Gasteiger charge is -2.22. The summed E-state index contributed by atoms with van der Waals surface area (Å²) in [5, 5.41) is 20.1. The summed E-state index contributed by atoms with van der Waals surface area (Å²) in [6, 6.07) is 13.4. The predicted octanol–water partition coefficient (Wildman–Crippen LogP) is 4.53. The van der Waals surface area contributed by atoms with Gasteiger partial charge in [-0.1, -0.05) is 13.5 Å². The fourth-order valence-electron chi connectivity index (χ4n) is 3.26. The van der Waals surface area contributed by atoms with E-state index in [9.17, 15) is 0 Å². The monoisotopic (exact) mass is 410 g/mol. The SMILES string of the molecule is C=C1C=CN(c2ccnc(C#N)c2)N=C1c1ccnn1-c1ccc(OCCC)c(C)c1. The molecule has 2 aromatic heterocycles. The van der Waals surface area contributed by atoms with Gasteiger partial charge in [0.05, 0.1) is 29.9 Å². The van der Waals surface area contributed by atoms with E-state index in [1.807, 2.05) is 48.1 Å². The smallest absolute Gasteiger partial charge is 0.142 e. The average molecular weight is 410 g/mol. The molecule has 0 bridgehead atoms. The van der Waals surface area contributed by atoms with Crippen LogP contribution in [0, 0.1) is 18.3 Å². The topological polar surface area (TPSA) is 79.3 Å². The summed E-state index contributed by atoms with van der Waals surface area (Å²) in [4.78, 5) is 4.02. The number of allylic oxidation sites excluding steroid dienone is 2. The molecule has 3 heterocycles. The molecule has 0 amide bonds. The van der Waals surface area contributed by atoms with E-state index in [4.69, 9.17) is 15.1 Å². The zero-order chi connectivity index (χ0) is 21.8. The zero-order valence-electron chi connectivity index (χ0n) is 17.5. The number of nitrogens with zero attached hydrogens (tertiary/aromatic N) is 6. The van der Waals surface area contributed by atoms with Crippen molar-refractivity contribution < 1.29 is 4.74 Å². The number of aryl methyl sites for hydroxylation is 1. The van der Waals surface area contributed by atoms with Crippen LogP contribution in [0.25, 0.3) is 5.69 Å². The first-order chi connectivity index (χ1) is 15.1. The second-order valence-electron chi connectivity index (χ2n) is 7.07. The van der Waals surface area contributed by atoms with Crippen molar-refractivity contribution in [2.24, 2.45) is 5.10 Å². The van der Waals surface area contributed by atoms with Crippen LogP contribution in [-0.4, -0.2) is 27.1 Å². The highest BCUT2D eigenvalue weighted by Gasteiger charge is 2.19. The minimum absolute atomic E-state index is 0.331. The average Bonchev–Trinajstić information content (AvgIpc) is 3.28. The molecule has 0 N–H and O–H groups in total. The minimum Gasteiger partial charge on any atom is -0.493 e. The van der Waals surface area contributed by atoms with Crippen molar-refractivity contribution >= 4 is 11.4 Å². The van der Waals surface area contributed by atoms with E-state index >= 15 is 0 Å². The summed E-state index contributed by atoms with van der Waals surface area (Å²) in [5.74, 6) is 0.874. The van der Waals surface area contributed by atoms with Gasteiger partial charge in [-0.25, -0.2) is 14.7 Å². The number of rotatable bonds is 6. The van der Waals surface area contributed by atoms with Crippen LogP contribution < -0.4 is 9.75 Å². The fourth-order valence-corrected chi connectivity index (χ4v) is 3.26. The van der Waals surface area contributed by atoms with Gasteiger partial charge >= 0.3 is 0 Å². The van der Waals surface area contributed by atoms with Gasteiger partial charge < -0.3 is 4.74 Å². The first-order valence-corrected chi connectivity index (χ1v) is 10.0. The molecule has 0 atom stereocenters. The molecule has 7 nitrogen and oxygen atoms in total. The third-order valence-electron chi connectivity index (χ3n) is 4.80. The largest absolute Gasteiger partial charge is 0.493 e. The Morgan fingerprint density at radius 1 is 1.13 bits per heavy atom. The number of anilines is 1. The normalized spacial score (nSPS) is 13.1. The molecule has 1 aromatic carbocycles. The van der Waals surface area contributed by atoms with Crippen molar-refractivity contribution in [3.05, 3.63) is 90.2 Å². The Hall–Kier alpha value is -4.18. The highest BCUT2D eigenvalue weighted by Crippen LogP contribution is 2.25. The van der Waals surface area contributed by atoms with Crippen molar-refractivity contribution in [2.45, 2.75) is 20.3 Å². The number of ether oxygens (including phenoxy) is 1. The Kier molecular flexibility index (Phi) is 5.63. The molecule has 1 aliphatic heterocycles. The number of hydrazone groups is 1. The van der Waals surface area contributed by atoms with E-state index in [-0.39, 0.29) is 0 Å². The van der Waals surface area contributed by atoms with E-state index in [0.29, 0.717) is 18.0 Å². The summed E-state index contributed by atoms with van der Waals surface area (Å²) < 4.78 is 7.63. The first-order valence-electron chi connectivity index (χ1n) is 10.0. The molecule has 0 aliphatic carbocycles. The van der Waals surface area contributed by atoms with Gasteiger partial charge in [-0.15, -0.1) is 0 Å². The molecule has 0 spiro atoms. The van der Waals surface area contributed by atoms with Crippen LogP contribution >= 0.6 is 0 Å². The molecule has 0 unspecified atom stereocenters. The Balaban J connectivity index is 1.70. The van der Waals surface area contributed by atoms with Crippen LogP contribution in [0.1, 0.15) is 30.3 Å². The van der Waals surface area contributed by atoms with E-state index < -0.39 is 0 Å². The van der Waals surface area contributed by atoms with Crippen LogP contribution in [0.2, 0.25) is 0 Å². The number of aromatic nitrogens is 3. The number of nitriles is 1. The lowest BCUT2D eigenvalue weighted by molar-refractivity contribution is 0.315. The Morgan fingerprint density at radius 2 is 2.00 bits per heavy atom. The van der Waals surface area contributed by atoms with Crippen molar-refractivity contribution in [2.75, 3.05) is 11.6 Å². The second-order valence-corrected chi connectivity index (χ2v) is 7.07. The van der Waals surface area contributed by atoms with Crippen LogP contribution in [0.5, 0.6) is 5.75 Å². The number of benzene rings is 1. The number of pyridine rings is 1. The molecule has 3 aromatic rings. The van der Waals surface area contributed by atoms with E-state index in [1.54, 1.807) is 29.5 Å². The summed E-state index contributed by atoms with van der Waals surface area (Å²) in [7, 11) is 0. The summed E-state index contributed by atoms with van der Waals surface area (Å²) in [5.41, 5.74) is 5.31. The van der Waals surface area contributed by atoms with Gasteiger partial charge in [0.2, 0.25) is 0 Å². The van der Waals surface area contributed by atoms with Gasteiger partial charge in [-0.3, -0.25) is 0 Å². The summed E-state index contributed by atoms with van der Waals surface area (Å²) >= 11 is 0. The van der Waals surface area contributed by atoms with Crippen molar-refractivity contribution in [1.82, 2.24) is 14.8 Å². The molecule has 1 aliphatic rings. The highest BCUT2D eigenvalue weighted by molar-refractivity contribution is 6.14. The maximum absolute atomic E-state index is 9.14. The maximum atomic E-state index is 9.14. The molecule has 0 fully saturated rings. The lowest BCUT2D eigenvalue weighted by Crippen LogP contribution is -2.21. The quantitative estimate of drug-likeness (QED) is 0.596. The van der Waals surface area contributed by atoms with Gasteiger partial charge in [-0.2, -0.15) is 15.5 Å². The van der Waals surface area contributed by atoms with Crippen molar-refractivity contribution in [1.29, 1.82) is 5.26 Å². The van der Waals surface area contributed by atoms with Gasteiger partial charge in [0.15, 0.2) is 0 Å². The van der Waals surface area contributed by atoms with Gasteiger partial charge in [0, 0.05) is 18.5 Å². The van der Waals surface area contributed by atoms with E-state index in [1.165, 1.54) is 0 Å². The van der Waals surface area contributed by atoms with E-state index in [0.717, 1.165) is 40.4 Å². The van der Waals surface area contributed by atoms with Crippen LogP contribution in [-0.2, 0) is 0 Å². The molecule has 7 heteroatoms. The van der Waals surface area contributed by atoms with E-state index in [2.05, 4.69) is 29.7 Å². The zero-order valence-corrected chi connectivity index (χ0v) is 17.5. The van der Waals surface area contributed by atoms with Crippen molar-refractivity contribution in [3.8, 4) is 17.5 Å². The van der Waals surface area contributed by atoms with Gasteiger partial charge in [0.25, 0.3) is 0 Å². The van der Waals surface area contributed by atoms with Crippen LogP contribution in [0.4, 0.5) is 5.69 Å². The second kappa shape index (κ2) is 8.67. The standard InChI is InChI=1S/C24H22N6O/c1-4-13-31-23-6-5-21(14-18(23)3)30-22(8-11-27-30)24-17(2)9-12-29(28-24)20-7-10-26-19(15-20)16-25/h5-12,14-15H,2,4,13H2,1,3H3. The van der Waals surface area contributed by atoms with Gasteiger partial charge in [-0.05, 0) is 60.9 Å². The molecule has 0 radical (unpaired) electrons. The molecular formula is C24H22N6O. The molecule has 154 valence electrons. The third-order valence-corrected chi connectivity index (χ3v) is 4.80. The summed E-state index contributed by atoms with van der Waals surface area (Å²) in [6.07, 6.45) is 8.00. The highest BCUT2D eigenvalue weighted by atomic mass is 16.5. The van der Waals surface area contributed by atoms with Crippen molar-refractivity contribution in [3.63, 3.8) is 0 Å². The number of hydrogen-bond acceptors (Lipinski definition) is 6. The molecular weight excluding hydrogens is 388 g/mol. The third kappa shape index (κ3) is 4.09. The fraction of sp³-hybridized carbons (Fsp3) is 0.167. The van der Waals surface area contributed by atoms with Gasteiger partial charge in [0.1, 0.15) is 23.2 Å². The molecule has 4 rings (SSSR count). The van der Waals surface area contributed by atoms with Crippen LogP contribution in [0.15, 0.2) is 78.3 Å². The lowest BCUT2D eigenvalue weighted by atomic mass is 10.1. The molecule has 0 saturated heterocycles. The first kappa shape index (κ1) is 20.1. The number of hydrogen-bond donors (Lipinski definition) is 0. The Morgan fingerprint density at radius 3 is 2.77 bits per heavy atom. The molecule has 0 saturated carbocycles. The summed E-state index contributed by atoms with van der Waals surface area (Å²) in [6.45, 7) is 8.94. The molecule has 31 heavy (non-hydrogen) atoms. The Bertz CT molecular complexity index is 1230. The maximum Gasteiger partial charge on any atom is 0.142 e.